The van der Waals surface area contributed by atoms with Crippen molar-refractivity contribution in [3.63, 3.8) is 0 Å². The number of aromatic amines is 1. The van der Waals surface area contributed by atoms with Crippen molar-refractivity contribution in [1.82, 2.24) is 15.5 Å². The summed E-state index contributed by atoms with van der Waals surface area (Å²) in [6, 6.07) is 6.52. The van der Waals surface area contributed by atoms with E-state index in [2.05, 4.69) is 54.5 Å². The molecule has 1 aromatic carbocycles. The normalized spacial score (nSPS) is 10.8. The zero-order valence-corrected chi connectivity index (χ0v) is 10.9. The SMILES string of the molecule is CNCc1cc(-c2c(C)cc(C)cc2C)n[nH]1. The Bertz CT molecular complexity index is 503. The van der Waals surface area contributed by atoms with E-state index in [9.17, 15) is 0 Å². The van der Waals surface area contributed by atoms with Gasteiger partial charge in [-0.1, -0.05) is 17.7 Å². The first-order valence-corrected chi connectivity index (χ1v) is 5.89. The van der Waals surface area contributed by atoms with Gasteiger partial charge >= 0.3 is 0 Å². The van der Waals surface area contributed by atoms with Crippen molar-refractivity contribution in [1.29, 1.82) is 0 Å². The van der Waals surface area contributed by atoms with E-state index in [0.717, 1.165) is 17.9 Å². The van der Waals surface area contributed by atoms with Crippen LogP contribution in [0.15, 0.2) is 18.2 Å². The topological polar surface area (TPSA) is 40.7 Å². The lowest BCUT2D eigenvalue weighted by atomic mass is 9.97. The van der Waals surface area contributed by atoms with Crippen LogP contribution in [0.5, 0.6) is 0 Å². The van der Waals surface area contributed by atoms with Gasteiger partial charge in [0, 0.05) is 17.8 Å². The zero-order valence-electron chi connectivity index (χ0n) is 10.9. The first-order valence-electron chi connectivity index (χ1n) is 5.89. The summed E-state index contributed by atoms with van der Waals surface area (Å²) < 4.78 is 0. The summed E-state index contributed by atoms with van der Waals surface area (Å²) in [6.07, 6.45) is 0. The van der Waals surface area contributed by atoms with Crippen molar-refractivity contribution in [2.45, 2.75) is 27.3 Å². The lowest BCUT2D eigenvalue weighted by Crippen LogP contribution is -2.04. The Morgan fingerprint density at radius 1 is 1.12 bits per heavy atom. The number of benzene rings is 1. The Hall–Kier alpha value is -1.61. The average molecular weight is 229 g/mol. The first kappa shape index (κ1) is 11.9. The molecule has 1 aromatic heterocycles. The molecule has 0 saturated carbocycles. The van der Waals surface area contributed by atoms with Crippen LogP contribution in [0, 0.1) is 20.8 Å². The molecule has 3 heteroatoms. The highest BCUT2D eigenvalue weighted by molar-refractivity contribution is 5.68. The number of aryl methyl sites for hydroxylation is 3. The minimum absolute atomic E-state index is 0.816. The summed E-state index contributed by atoms with van der Waals surface area (Å²) >= 11 is 0. The van der Waals surface area contributed by atoms with Gasteiger partial charge in [0.15, 0.2) is 0 Å². The molecule has 0 atom stereocenters. The molecule has 0 radical (unpaired) electrons. The summed E-state index contributed by atoms with van der Waals surface area (Å²) in [5.74, 6) is 0. The number of nitrogens with one attached hydrogen (secondary N) is 2. The molecule has 2 aromatic rings. The van der Waals surface area contributed by atoms with Gasteiger partial charge < -0.3 is 5.32 Å². The highest BCUT2D eigenvalue weighted by Crippen LogP contribution is 2.27. The van der Waals surface area contributed by atoms with E-state index in [1.165, 1.54) is 22.3 Å². The number of hydrogen-bond donors (Lipinski definition) is 2. The second-order valence-corrected chi connectivity index (χ2v) is 4.58. The highest BCUT2D eigenvalue weighted by Gasteiger charge is 2.09. The predicted octanol–water partition coefficient (Wildman–Crippen LogP) is 2.72. The Morgan fingerprint density at radius 2 is 1.76 bits per heavy atom. The standard InChI is InChI=1S/C14H19N3/c1-9-5-10(2)14(11(3)6-9)13-7-12(8-15-4)16-17-13/h5-7,15H,8H2,1-4H3,(H,16,17). The van der Waals surface area contributed by atoms with Crippen LogP contribution < -0.4 is 5.32 Å². The monoisotopic (exact) mass is 229 g/mol. The van der Waals surface area contributed by atoms with Crippen molar-refractivity contribution < 1.29 is 0 Å². The Morgan fingerprint density at radius 3 is 2.35 bits per heavy atom. The van der Waals surface area contributed by atoms with Crippen molar-refractivity contribution >= 4 is 0 Å². The Balaban J connectivity index is 2.45. The molecule has 0 saturated heterocycles. The maximum atomic E-state index is 4.39. The van der Waals surface area contributed by atoms with Gasteiger partial charge in [0.25, 0.3) is 0 Å². The lowest BCUT2D eigenvalue weighted by Gasteiger charge is -2.08. The summed E-state index contributed by atoms with van der Waals surface area (Å²) in [5.41, 5.74) is 7.26. The molecule has 1 heterocycles. The van der Waals surface area contributed by atoms with E-state index in [1.807, 2.05) is 7.05 Å². The molecule has 2 N–H and O–H groups in total. The molecule has 0 aliphatic heterocycles. The third-order valence-electron chi connectivity index (χ3n) is 2.93. The lowest BCUT2D eigenvalue weighted by molar-refractivity contribution is 0.784. The zero-order chi connectivity index (χ0) is 12.4. The van der Waals surface area contributed by atoms with Crippen molar-refractivity contribution in [2.75, 3.05) is 7.05 Å². The van der Waals surface area contributed by atoms with E-state index >= 15 is 0 Å². The van der Waals surface area contributed by atoms with Gasteiger partial charge in [-0.3, -0.25) is 5.10 Å². The number of hydrogen-bond acceptors (Lipinski definition) is 2. The predicted molar refractivity (Wildman–Crippen MR) is 71.0 cm³/mol. The summed E-state index contributed by atoms with van der Waals surface area (Å²) in [6.45, 7) is 7.22. The molecule has 3 nitrogen and oxygen atoms in total. The molecule has 0 aliphatic rings. The smallest absolute Gasteiger partial charge is 0.0929 e. The van der Waals surface area contributed by atoms with E-state index in [1.54, 1.807) is 0 Å². The summed E-state index contributed by atoms with van der Waals surface area (Å²) in [4.78, 5) is 0. The second-order valence-electron chi connectivity index (χ2n) is 4.58. The van der Waals surface area contributed by atoms with E-state index in [0.29, 0.717) is 0 Å². The first-order chi connectivity index (χ1) is 8.11. The third kappa shape index (κ3) is 2.39. The fourth-order valence-corrected chi connectivity index (χ4v) is 2.35. The maximum Gasteiger partial charge on any atom is 0.0929 e. The molecule has 17 heavy (non-hydrogen) atoms. The van der Waals surface area contributed by atoms with Crippen LogP contribution in [0.3, 0.4) is 0 Å². The van der Waals surface area contributed by atoms with Gasteiger partial charge in [-0.2, -0.15) is 5.10 Å². The minimum Gasteiger partial charge on any atom is -0.314 e. The molecular weight excluding hydrogens is 210 g/mol. The third-order valence-corrected chi connectivity index (χ3v) is 2.93. The number of rotatable bonds is 3. The maximum absolute atomic E-state index is 4.39. The van der Waals surface area contributed by atoms with E-state index in [-0.39, 0.29) is 0 Å². The van der Waals surface area contributed by atoms with Crippen molar-refractivity contribution in [3.05, 3.63) is 40.6 Å². The van der Waals surface area contributed by atoms with Gasteiger partial charge in [-0.15, -0.1) is 0 Å². The molecule has 90 valence electrons. The summed E-state index contributed by atoms with van der Waals surface area (Å²) in [5, 5.41) is 10.6. The molecule has 0 bridgehead atoms. The van der Waals surface area contributed by atoms with Gasteiger partial charge in [-0.05, 0) is 45.0 Å². The number of H-pyrrole nitrogens is 1. The molecule has 0 amide bonds. The van der Waals surface area contributed by atoms with E-state index in [4.69, 9.17) is 0 Å². The van der Waals surface area contributed by atoms with Crippen LogP contribution >= 0.6 is 0 Å². The Labute approximate surface area is 102 Å². The van der Waals surface area contributed by atoms with Crippen LogP contribution in [0.4, 0.5) is 0 Å². The quantitative estimate of drug-likeness (QED) is 0.849. The van der Waals surface area contributed by atoms with Gasteiger partial charge in [0.05, 0.1) is 5.69 Å². The van der Waals surface area contributed by atoms with Crippen LogP contribution in [-0.2, 0) is 6.54 Å². The fraction of sp³-hybridized carbons (Fsp3) is 0.357. The molecule has 0 unspecified atom stereocenters. The molecule has 0 spiro atoms. The summed E-state index contributed by atoms with van der Waals surface area (Å²) in [7, 11) is 1.93. The van der Waals surface area contributed by atoms with Gasteiger partial charge in [0.1, 0.15) is 0 Å². The van der Waals surface area contributed by atoms with E-state index < -0.39 is 0 Å². The largest absolute Gasteiger partial charge is 0.314 e. The van der Waals surface area contributed by atoms with Crippen LogP contribution in [0.1, 0.15) is 22.4 Å². The molecular formula is C14H19N3. The fourth-order valence-electron chi connectivity index (χ4n) is 2.35. The molecule has 2 rings (SSSR count). The molecule has 0 aliphatic carbocycles. The Kier molecular flexibility index (Phi) is 3.29. The van der Waals surface area contributed by atoms with Crippen molar-refractivity contribution in [2.24, 2.45) is 0 Å². The minimum atomic E-state index is 0.816. The van der Waals surface area contributed by atoms with Crippen LogP contribution in [-0.4, -0.2) is 17.2 Å². The second kappa shape index (κ2) is 4.72. The van der Waals surface area contributed by atoms with Gasteiger partial charge in [-0.25, -0.2) is 0 Å². The average Bonchev–Trinajstić information content (AvgIpc) is 2.65. The van der Waals surface area contributed by atoms with Crippen LogP contribution in [0.25, 0.3) is 11.3 Å². The number of nitrogens with zero attached hydrogens (tertiary/aromatic N) is 1. The highest BCUT2D eigenvalue weighted by atomic mass is 15.1. The number of aromatic nitrogens is 2. The molecule has 0 fully saturated rings. The van der Waals surface area contributed by atoms with Gasteiger partial charge in [0.2, 0.25) is 0 Å². The van der Waals surface area contributed by atoms with Crippen molar-refractivity contribution in [3.8, 4) is 11.3 Å². The van der Waals surface area contributed by atoms with Crippen LogP contribution in [0.2, 0.25) is 0 Å².